The average Bonchev–Trinajstić information content (AvgIpc) is 2.64. The second-order valence-corrected chi connectivity index (χ2v) is 6.87. The summed E-state index contributed by atoms with van der Waals surface area (Å²) < 4.78 is 5.47. The molecule has 1 aromatic carbocycles. The third-order valence-electron chi connectivity index (χ3n) is 4.66. The molecule has 0 spiro atoms. The number of carbonyl (C=O) groups is 2. The number of cyclic esters (lactones) is 1. The Morgan fingerprint density at radius 3 is 2.57 bits per heavy atom. The van der Waals surface area contributed by atoms with Gasteiger partial charge >= 0.3 is 5.97 Å². The Kier molecular flexibility index (Phi) is 7.37. The second-order valence-electron chi connectivity index (χ2n) is 6.87. The number of aliphatic hydroxyl groups is 2. The molecule has 0 fully saturated rings. The summed E-state index contributed by atoms with van der Waals surface area (Å²) in [6, 6.07) is 3.13. The lowest BCUT2D eigenvalue weighted by Crippen LogP contribution is -2.32. The van der Waals surface area contributed by atoms with Crippen molar-refractivity contribution in [3.05, 3.63) is 41.5 Å². The number of carbonyl (C=O) groups excluding carboxylic acids is 2. The van der Waals surface area contributed by atoms with Crippen molar-refractivity contribution in [1.82, 2.24) is 0 Å². The summed E-state index contributed by atoms with van der Waals surface area (Å²) >= 11 is 0. The van der Waals surface area contributed by atoms with Crippen LogP contribution in [0.25, 0.3) is 6.08 Å². The monoisotopic (exact) mass is 389 g/mol. The lowest BCUT2D eigenvalue weighted by Gasteiger charge is -2.20. The Balaban J connectivity index is 2.50. The molecule has 1 aliphatic heterocycles. The van der Waals surface area contributed by atoms with Gasteiger partial charge in [0.25, 0.3) is 0 Å². The number of hydrogen-bond acceptors (Lipinski definition) is 7. The number of benzene rings is 1. The molecule has 0 saturated heterocycles. The second kappa shape index (κ2) is 9.52. The van der Waals surface area contributed by atoms with Gasteiger partial charge in [0, 0.05) is 24.2 Å². The van der Waals surface area contributed by atoms with Crippen molar-refractivity contribution in [3.63, 3.8) is 0 Å². The minimum atomic E-state index is -1.55. The third-order valence-corrected chi connectivity index (χ3v) is 4.66. The molecule has 28 heavy (non-hydrogen) atoms. The van der Waals surface area contributed by atoms with E-state index in [2.05, 4.69) is 5.32 Å². The number of esters is 1. The Hall–Kier alpha value is -2.64. The van der Waals surface area contributed by atoms with Crippen LogP contribution in [0.4, 0.5) is 5.69 Å². The van der Waals surface area contributed by atoms with Gasteiger partial charge in [0.05, 0.1) is 6.10 Å². The fourth-order valence-electron chi connectivity index (χ4n) is 2.80. The standard InChI is InChI=1S/C21H27NO6/c1-4-22-15-10-14-6-5-7-16(23)20(26)17(24)9-8-12(2)13(3)28-21(27)19(14)18(25)11-15/h5-6,8-13,16,20,22-23,25-26H,4,7H2,1-3H3/b6-5-,9-8-. The number of hydrogen-bond donors (Lipinski definition) is 4. The maximum absolute atomic E-state index is 12.7. The maximum Gasteiger partial charge on any atom is 0.342 e. The fourth-order valence-corrected chi connectivity index (χ4v) is 2.80. The Bertz CT molecular complexity index is 785. The minimum Gasteiger partial charge on any atom is -0.507 e. The van der Waals surface area contributed by atoms with E-state index in [1.807, 2.05) is 6.92 Å². The van der Waals surface area contributed by atoms with Gasteiger partial charge in [-0.3, -0.25) is 4.79 Å². The van der Waals surface area contributed by atoms with E-state index in [9.17, 15) is 24.9 Å². The zero-order valence-electron chi connectivity index (χ0n) is 16.3. The van der Waals surface area contributed by atoms with E-state index in [4.69, 9.17) is 4.74 Å². The molecule has 1 aromatic rings. The zero-order chi connectivity index (χ0) is 20.8. The normalized spacial score (nSPS) is 28.6. The summed E-state index contributed by atoms with van der Waals surface area (Å²) in [7, 11) is 0. The molecule has 4 atom stereocenters. The van der Waals surface area contributed by atoms with Crippen LogP contribution in [0.5, 0.6) is 5.75 Å². The van der Waals surface area contributed by atoms with Gasteiger partial charge in [0.2, 0.25) is 0 Å². The van der Waals surface area contributed by atoms with Crippen molar-refractivity contribution in [2.75, 3.05) is 11.9 Å². The molecule has 4 N–H and O–H groups in total. The molecule has 0 saturated carbocycles. The summed E-state index contributed by atoms with van der Waals surface area (Å²) in [5.74, 6) is -1.84. The van der Waals surface area contributed by atoms with Crippen LogP contribution in [0.1, 0.15) is 43.1 Å². The number of anilines is 1. The number of ether oxygens (including phenoxy) is 1. The highest BCUT2D eigenvalue weighted by atomic mass is 16.5. The van der Waals surface area contributed by atoms with Gasteiger partial charge in [-0.2, -0.15) is 0 Å². The van der Waals surface area contributed by atoms with Crippen molar-refractivity contribution in [3.8, 4) is 5.75 Å². The van der Waals surface area contributed by atoms with Gasteiger partial charge in [-0.05, 0) is 38.0 Å². The molecule has 7 nitrogen and oxygen atoms in total. The molecule has 1 heterocycles. The molecule has 0 bridgehead atoms. The van der Waals surface area contributed by atoms with Crippen LogP contribution >= 0.6 is 0 Å². The van der Waals surface area contributed by atoms with Gasteiger partial charge in [-0.25, -0.2) is 4.79 Å². The molecule has 2 rings (SSSR count). The lowest BCUT2D eigenvalue weighted by molar-refractivity contribution is -0.127. The zero-order valence-corrected chi connectivity index (χ0v) is 16.3. The quantitative estimate of drug-likeness (QED) is 0.573. The number of nitrogens with one attached hydrogen (secondary N) is 1. The number of aliphatic hydroxyl groups excluding tert-OH is 2. The number of rotatable bonds is 2. The molecule has 0 aliphatic carbocycles. The first kappa shape index (κ1) is 21.7. The lowest BCUT2D eigenvalue weighted by atomic mass is 9.99. The Morgan fingerprint density at radius 1 is 1.18 bits per heavy atom. The van der Waals surface area contributed by atoms with Gasteiger partial charge in [-0.1, -0.05) is 25.2 Å². The summed E-state index contributed by atoms with van der Waals surface area (Å²) in [6.07, 6.45) is 2.37. The van der Waals surface area contributed by atoms with Crippen LogP contribution in [0.15, 0.2) is 30.4 Å². The SMILES string of the molecule is CCNc1cc(O)c2c(c1)/C=C\CC(O)C(O)C(=O)/C=C\C(C)C(C)OC2=O. The number of fused-ring (bicyclic) bond motifs is 1. The molecule has 152 valence electrons. The van der Waals surface area contributed by atoms with Gasteiger partial charge in [0.15, 0.2) is 5.78 Å². The van der Waals surface area contributed by atoms with Crippen LogP contribution in [0.3, 0.4) is 0 Å². The van der Waals surface area contributed by atoms with Crippen LogP contribution in [0, 0.1) is 5.92 Å². The molecule has 4 unspecified atom stereocenters. The predicted molar refractivity (Wildman–Crippen MR) is 106 cm³/mol. The molecule has 7 heteroatoms. The van der Waals surface area contributed by atoms with Gasteiger partial charge < -0.3 is 25.4 Å². The summed E-state index contributed by atoms with van der Waals surface area (Å²) in [5, 5.41) is 33.5. The van der Waals surface area contributed by atoms with Crippen molar-refractivity contribution in [1.29, 1.82) is 0 Å². The first-order valence-corrected chi connectivity index (χ1v) is 9.31. The first-order valence-electron chi connectivity index (χ1n) is 9.31. The van der Waals surface area contributed by atoms with E-state index in [-0.39, 0.29) is 23.7 Å². The van der Waals surface area contributed by atoms with Gasteiger partial charge in [0.1, 0.15) is 23.5 Å². The van der Waals surface area contributed by atoms with Crippen LogP contribution in [0.2, 0.25) is 0 Å². The minimum absolute atomic E-state index is 0.00656. The largest absolute Gasteiger partial charge is 0.507 e. The first-order chi connectivity index (χ1) is 13.2. The van der Waals surface area contributed by atoms with Gasteiger partial charge in [-0.15, -0.1) is 0 Å². The van der Waals surface area contributed by atoms with Crippen molar-refractivity contribution in [2.45, 2.75) is 45.5 Å². The number of aromatic hydroxyl groups is 1. The summed E-state index contributed by atoms with van der Waals surface area (Å²) in [4.78, 5) is 24.7. The summed E-state index contributed by atoms with van der Waals surface area (Å²) in [6.45, 7) is 5.96. The highest BCUT2D eigenvalue weighted by Gasteiger charge is 2.25. The van der Waals surface area contributed by atoms with E-state index in [1.54, 1.807) is 26.0 Å². The topological polar surface area (TPSA) is 116 Å². The molecule has 0 radical (unpaired) electrons. The number of ketones is 1. The smallest absolute Gasteiger partial charge is 0.342 e. The van der Waals surface area contributed by atoms with Crippen LogP contribution in [-0.2, 0) is 9.53 Å². The summed E-state index contributed by atoms with van der Waals surface area (Å²) in [5.41, 5.74) is 1.04. The molecular formula is C21H27NO6. The van der Waals surface area contributed by atoms with E-state index < -0.39 is 30.1 Å². The molecule has 1 aliphatic rings. The van der Waals surface area contributed by atoms with Crippen molar-refractivity contribution < 1.29 is 29.6 Å². The predicted octanol–water partition coefficient (Wildman–Crippen LogP) is 2.27. The van der Waals surface area contributed by atoms with Crippen molar-refractivity contribution in [2.24, 2.45) is 5.92 Å². The third kappa shape index (κ3) is 5.21. The fraction of sp³-hybridized carbons (Fsp3) is 0.429. The van der Waals surface area contributed by atoms with Crippen LogP contribution in [-0.4, -0.2) is 51.9 Å². The van der Waals surface area contributed by atoms with E-state index in [0.29, 0.717) is 17.8 Å². The van der Waals surface area contributed by atoms with E-state index in [1.165, 1.54) is 24.3 Å². The van der Waals surface area contributed by atoms with E-state index in [0.717, 1.165) is 0 Å². The molecule has 0 aromatic heterocycles. The number of phenolic OH excluding ortho intramolecular Hbond substituents is 1. The Morgan fingerprint density at radius 2 is 1.89 bits per heavy atom. The number of phenols is 1. The highest BCUT2D eigenvalue weighted by Crippen LogP contribution is 2.29. The molecular weight excluding hydrogens is 362 g/mol. The van der Waals surface area contributed by atoms with Crippen LogP contribution < -0.4 is 5.32 Å². The Labute approximate surface area is 164 Å². The maximum atomic E-state index is 12.7. The van der Waals surface area contributed by atoms with Crippen molar-refractivity contribution >= 4 is 23.5 Å². The molecule has 0 amide bonds. The van der Waals surface area contributed by atoms with E-state index >= 15 is 0 Å². The average molecular weight is 389 g/mol. The highest BCUT2D eigenvalue weighted by molar-refractivity contribution is 5.97.